The zero-order valence-electron chi connectivity index (χ0n) is 16.0. The number of hydrogen-bond acceptors (Lipinski definition) is 4. The molecular formula is C21H24BrN3O3. The molecule has 0 spiro atoms. The number of carbonyl (C=O) groups excluding carboxylic acids is 2. The van der Waals surface area contributed by atoms with Gasteiger partial charge in [0.15, 0.2) is 0 Å². The van der Waals surface area contributed by atoms with Gasteiger partial charge >= 0.3 is 0 Å². The highest BCUT2D eigenvalue weighted by atomic mass is 79.9. The second kappa shape index (κ2) is 7.70. The summed E-state index contributed by atoms with van der Waals surface area (Å²) in [6, 6.07) is 9.82. The average Bonchev–Trinajstić information content (AvgIpc) is 3.38. The fourth-order valence-corrected chi connectivity index (χ4v) is 4.67. The molecule has 1 saturated heterocycles. The summed E-state index contributed by atoms with van der Waals surface area (Å²) in [7, 11) is 0. The van der Waals surface area contributed by atoms with Gasteiger partial charge in [0, 0.05) is 36.7 Å². The molecule has 4 rings (SSSR count). The Labute approximate surface area is 173 Å². The molecule has 2 heterocycles. The van der Waals surface area contributed by atoms with Crippen LogP contribution in [0.15, 0.2) is 39.3 Å². The van der Waals surface area contributed by atoms with Crippen molar-refractivity contribution in [3.63, 3.8) is 0 Å². The van der Waals surface area contributed by atoms with Crippen molar-refractivity contribution in [2.75, 3.05) is 26.2 Å². The van der Waals surface area contributed by atoms with Crippen molar-refractivity contribution in [1.82, 2.24) is 15.0 Å². The smallest absolute Gasteiger partial charge is 0.292 e. The zero-order chi connectivity index (χ0) is 19.7. The molecule has 1 aromatic carbocycles. The highest BCUT2D eigenvalue weighted by Gasteiger charge is 2.45. The quantitative estimate of drug-likeness (QED) is 0.724. The molecule has 28 heavy (non-hydrogen) atoms. The van der Waals surface area contributed by atoms with Crippen LogP contribution in [0.5, 0.6) is 0 Å². The molecule has 2 fully saturated rings. The van der Waals surface area contributed by atoms with Crippen molar-refractivity contribution in [1.29, 1.82) is 0 Å². The Morgan fingerprint density at radius 2 is 1.64 bits per heavy atom. The highest BCUT2D eigenvalue weighted by molar-refractivity contribution is 9.10. The summed E-state index contributed by atoms with van der Waals surface area (Å²) in [6.07, 6.45) is 3.93. The van der Waals surface area contributed by atoms with E-state index in [9.17, 15) is 9.59 Å². The number of piperazine rings is 1. The van der Waals surface area contributed by atoms with Crippen molar-refractivity contribution in [2.45, 2.75) is 38.0 Å². The molecule has 148 valence electrons. The van der Waals surface area contributed by atoms with Gasteiger partial charge in [0.1, 0.15) is 0 Å². The van der Waals surface area contributed by atoms with Gasteiger partial charge in [-0.15, -0.1) is 0 Å². The highest BCUT2D eigenvalue weighted by Crippen LogP contribution is 2.43. The summed E-state index contributed by atoms with van der Waals surface area (Å²) in [4.78, 5) is 29.8. The zero-order valence-corrected chi connectivity index (χ0v) is 17.6. The van der Waals surface area contributed by atoms with Crippen molar-refractivity contribution in [3.8, 4) is 0 Å². The summed E-state index contributed by atoms with van der Waals surface area (Å²) < 4.78 is 6.11. The molecule has 0 radical (unpaired) electrons. The summed E-state index contributed by atoms with van der Waals surface area (Å²) in [5.74, 6) is 0.311. The molecule has 2 aliphatic rings. The Hall–Kier alpha value is -2.15. The number of aryl methyl sites for hydroxylation is 1. The van der Waals surface area contributed by atoms with Gasteiger partial charge in [-0.25, -0.2) is 0 Å². The normalized spacial score (nSPS) is 19.1. The molecule has 0 bridgehead atoms. The van der Waals surface area contributed by atoms with E-state index < -0.39 is 5.41 Å². The summed E-state index contributed by atoms with van der Waals surface area (Å²) in [5, 5.41) is 3.79. The number of nitrogens with zero attached hydrogens (tertiary/aromatic N) is 3. The van der Waals surface area contributed by atoms with E-state index >= 15 is 0 Å². The lowest BCUT2D eigenvalue weighted by Gasteiger charge is -2.39. The first-order chi connectivity index (χ1) is 13.5. The van der Waals surface area contributed by atoms with Gasteiger partial charge in [-0.3, -0.25) is 9.59 Å². The fourth-order valence-electron chi connectivity index (χ4n) is 4.41. The fraction of sp³-hybridized carbons (Fsp3) is 0.476. The van der Waals surface area contributed by atoms with E-state index in [0.717, 1.165) is 35.7 Å². The van der Waals surface area contributed by atoms with E-state index in [1.54, 1.807) is 17.9 Å². The molecular weight excluding hydrogens is 422 g/mol. The topological polar surface area (TPSA) is 66.7 Å². The Morgan fingerprint density at radius 1 is 1.04 bits per heavy atom. The van der Waals surface area contributed by atoms with Crippen LogP contribution < -0.4 is 0 Å². The van der Waals surface area contributed by atoms with E-state index in [-0.39, 0.29) is 17.6 Å². The van der Waals surface area contributed by atoms with Gasteiger partial charge in [0.05, 0.1) is 11.1 Å². The minimum absolute atomic E-state index is 0.156. The average molecular weight is 446 g/mol. The lowest BCUT2D eigenvalue weighted by atomic mass is 9.77. The van der Waals surface area contributed by atoms with Crippen LogP contribution in [0.3, 0.4) is 0 Å². The van der Waals surface area contributed by atoms with Crippen LogP contribution >= 0.6 is 15.9 Å². The first-order valence-electron chi connectivity index (χ1n) is 9.78. The van der Waals surface area contributed by atoms with Crippen LogP contribution in [0.2, 0.25) is 0 Å². The predicted octanol–water partition coefficient (Wildman–Crippen LogP) is 3.54. The summed E-state index contributed by atoms with van der Waals surface area (Å²) in [5.41, 5.74) is 1.37. The van der Waals surface area contributed by atoms with E-state index in [1.807, 2.05) is 17.0 Å². The number of aromatic nitrogens is 1. The SMILES string of the molecule is Cc1cc(C(=O)N2CCN(C(=O)C3(c4ccc(Br)cc4)CCCC3)CC2)on1. The van der Waals surface area contributed by atoms with Gasteiger partial charge in [-0.2, -0.15) is 0 Å². The molecule has 0 unspecified atom stereocenters. The van der Waals surface area contributed by atoms with E-state index in [2.05, 4.69) is 33.2 Å². The molecule has 7 heteroatoms. The lowest BCUT2D eigenvalue weighted by molar-refractivity contribution is -0.138. The third-order valence-corrected chi connectivity index (χ3v) is 6.48. The van der Waals surface area contributed by atoms with Gasteiger partial charge in [0.25, 0.3) is 5.91 Å². The number of benzene rings is 1. The molecule has 2 aromatic rings. The summed E-state index contributed by atoms with van der Waals surface area (Å²) >= 11 is 3.48. The molecule has 0 N–H and O–H groups in total. The molecule has 2 amide bonds. The Bertz CT molecular complexity index is 863. The van der Waals surface area contributed by atoms with E-state index in [0.29, 0.717) is 31.9 Å². The number of amides is 2. The monoisotopic (exact) mass is 445 g/mol. The van der Waals surface area contributed by atoms with Gasteiger partial charge in [-0.1, -0.05) is 46.1 Å². The Balaban J connectivity index is 1.46. The lowest BCUT2D eigenvalue weighted by Crippen LogP contribution is -2.55. The maximum Gasteiger partial charge on any atom is 0.292 e. The predicted molar refractivity (Wildman–Crippen MR) is 108 cm³/mol. The maximum absolute atomic E-state index is 13.5. The van der Waals surface area contributed by atoms with Gasteiger partial charge < -0.3 is 14.3 Å². The van der Waals surface area contributed by atoms with Gasteiger partial charge in [-0.05, 0) is 37.5 Å². The van der Waals surface area contributed by atoms with Crippen LogP contribution in [-0.2, 0) is 10.2 Å². The molecule has 0 atom stereocenters. The number of halogens is 1. The standard InChI is InChI=1S/C21H24BrN3O3/c1-15-14-18(28-23-15)19(26)24-10-12-25(13-11-24)20(27)21(8-2-3-9-21)16-4-6-17(22)7-5-16/h4-7,14H,2-3,8-13H2,1H3. The minimum Gasteiger partial charge on any atom is -0.351 e. The van der Waals surface area contributed by atoms with Crippen LogP contribution in [0, 0.1) is 6.92 Å². The van der Waals surface area contributed by atoms with Crippen LogP contribution in [0.1, 0.15) is 47.5 Å². The Morgan fingerprint density at radius 3 is 2.21 bits per heavy atom. The summed E-state index contributed by atoms with van der Waals surface area (Å²) in [6.45, 7) is 3.92. The van der Waals surface area contributed by atoms with Crippen molar-refractivity contribution >= 4 is 27.7 Å². The van der Waals surface area contributed by atoms with Crippen LogP contribution in [0.25, 0.3) is 0 Å². The Kier molecular flexibility index (Phi) is 5.27. The largest absolute Gasteiger partial charge is 0.351 e. The number of rotatable bonds is 3. The molecule has 1 saturated carbocycles. The second-order valence-corrected chi connectivity index (χ2v) is 8.63. The minimum atomic E-state index is -0.422. The molecule has 1 aliphatic carbocycles. The van der Waals surface area contributed by atoms with Crippen molar-refractivity contribution in [2.24, 2.45) is 0 Å². The van der Waals surface area contributed by atoms with Crippen LogP contribution in [-0.4, -0.2) is 52.9 Å². The molecule has 1 aromatic heterocycles. The van der Waals surface area contributed by atoms with Crippen molar-refractivity contribution < 1.29 is 14.1 Å². The van der Waals surface area contributed by atoms with E-state index in [4.69, 9.17) is 4.52 Å². The van der Waals surface area contributed by atoms with Gasteiger partial charge in [0.2, 0.25) is 11.7 Å². The number of carbonyl (C=O) groups is 2. The molecule has 6 nitrogen and oxygen atoms in total. The maximum atomic E-state index is 13.5. The first-order valence-corrected chi connectivity index (χ1v) is 10.6. The third kappa shape index (κ3) is 3.48. The van der Waals surface area contributed by atoms with Crippen LogP contribution in [0.4, 0.5) is 0 Å². The second-order valence-electron chi connectivity index (χ2n) is 7.71. The van der Waals surface area contributed by atoms with E-state index in [1.165, 1.54) is 0 Å². The molecule has 1 aliphatic heterocycles. The third-order valence-electron chi connectivity index (χ3n) is 5.96. The van der Waals surface area contributed by atoms with Crippen molar-refractivity contribution in [3.05, 3.63) is 51.8 Å². The first kappa shape index (κ1) is 19.2. The number of hydrogen-bond donors (Lipinski definition) is 0.